The van der Waals surface area contributed by atoms with E-state index in [1.807, 2.05) is 57.6 Å². The monoisotopic (exact) mass is 567 g/mol. The Bertz CT molecular complexity index is 1660. The maximum absolute atomic E-state index is 14.3. The van der Waals surface area contributed by atoms with Crippen LogP contribution in [-0.4, -0.2) is 45.0 Å². The van der Waals surface area contributed by atoms with Gasteiger partial charge >= 0.3 is 5.97 Å². The fraction of sp³-hybridized carbons (Fsp3) is 0.424. The molecule has 0 saturated heterocycles. The Balaban J connectivity index is 1.51. The standard InChI is InChI=1S/C33H37N5O4/c1-4-8-29-28(20-23-11-12-27(25(19-23)21-34)24-9-6-5-7-10-24)31(40)37(32-35-22-36-38(29)32)26-13-16-33(42-3,17-14-26)18-15-30(39)41-2/h5-7,9-12,19,22,26H,4,8,13-18,20H2,1-3H3. The van der Waals surface area contributed by atoms with E-state index in [4.69, 9.17) is 9.47 Å². The van der Waals surface area contributed by atoms with E-state index in [1.165, 1.54) is 13.4 Å². The highest BCUT2D eigenvalue weighted by Gasteiger charge is 2.37. The van der Waals surface area contributed by atoms with Gasteiger partial charge in [-0.3, -0.25) is 14.2 Å². The first kappa shape index (κ1) is 29.2. The molecule has 0 N–H and O–H groups in total. The maximum atomic E-state index is 14.3. The van der Waals surface area contributed by atoms with Crippen LogP contribution in [0.5, 0.6) is 0 Å². The molecule has 2 aromatic carbocycles. The number of carbonyl (C=O) groups excluding carboxylic acids is 1. The molecule has 5 rings (SSSR count). The Morgan fingerprint density at radius 2 is 1.90 bits per heavy atom. The minimum absolute atomic E-state index is 0.0610. The second-order valence-corrected chi connectivity index (χ2v) is 11.1. The van der Waals surface area contributed by atoms with Crippen LogP contribution in [0.1, 0.15) is 80.3 Å². The molecule has 1 aliphatic rings. The van der Waals surface area contributed by atoms with Crippen LogP contribution in [0.25, 0.3) is 16.9 Å². The third-order valence-corrected chi connectivity index (χ3v) is 8.66. The zero-order valence-corrected chi connectivity index (χ0v) is 24.5. The lowest BCUT2D eigenvalue weighted by Crippen LogP contribution is -2.40. The zero-order chi connectivity index (χ0) is 29.7. The molecule has 0 amide bonds. The van der Waals surface area contributed by atoms with Gasteiger partial charge in [-0.25, -0.2) is 4.52 Å². The number of hydrogen-bond acceptors (Lipinski definition) is 7. The number of rotatable bonds is 10. The second-order valence-electron chi connectivity index (χ2n) is 11.1. The van der Waals surface area contributed by atoms with Crippen LogP contribution in [0.15, 0.2) is 59.7 Å². The molecule has 0 bridgehead atoms. The van der Waals surface area contributed by atoms with Crippen molar-refractivity contribution in [3.63, 3.8) is 0 Å². The number of hydrogen-bond donors (Lipinski definition) is 0. The van der Waals surface area contributed by atoms with Crippen LogP contribution in [0.4, 0.5) is 0 Å². The van der Waals surface area contributed by atoms with Gasteiger partial charge in [0.05, 0.1) is 30.0 Å². The summed E-state index contributed by atoms with van der Waals surface area (Å²) in [4.78, 5) is 30.7. The number of ether oxygens (including phenoxy) is 2. The lowest BCUT2D eigenvalue weighted by molar-refractivity contribution is -0.143. The predicted octanol–water partition coefficient (Wildman–Crippen LogP) is 5.43. The first-order valence-electron chi connectivity index (χ1n) is 14.6. The molecule has 1 fully saturated rings. The van der Waals surface area contributed by atoms with E-state index < -0.39 is 5.60 Å². The minimum atomic E-state index is -0.419. The van der Waals surface area contributed by atoms with E-state index in [2.05, 4.69) is 23.1 Å². The van der Waals surface area contributed by atoms with Crippen molar-refractivity contribution in [1.82, 2.24) is 19.2 Å². The van der Waals surface area contributed by atoms with E-state index in [1.54, 1.807) is 7.11 Å². The van der Waals surface area contributed by atoms with Crippen molar-refractivity contribution in [2.75, 3.05) is 14.2 Å². The molecule has 0 radical (unpaired) electrons. The van der Waals surface area contributed by atoms with Crippen molar-refractivity contribution in [3.05, 3.63) is 87.6 Å². The van der Waals surface area contributed by atoms with Crippen LogP contribution in [0.2, 0.25) is 0 Å². The number of fused-ring (bicyclic) bond motifs is 1. The lowest BCUT2D eigenvalue weighted by Gasteiger charge is -2.39. The van der Waals surface area contributed by atoms with E-state index >= 15 is 0 Å². The van der Waals surface area contributed by atoms with E-state index in [9.17, 15) is 14.9 Å². The van der Waals surface area contributed by atoms with Gasteiger partial charge < -0.3 is 9.47 Å². The summed E-state index contributed by atoms with van der Waals surface area (Å²) in [5, 5.41) is 14.5. The van der Waals surface area contributed by atoms with E-state index in [-0.39, 0.29) is 17.6 Å². The molecule has 9 heteroatoms. The molecule has 0 spiro atoms. The minimum Gasteiger partial charge on any atom is -0.469 e. The first-order valence-corrected chi connectivity index (χ1v) is 14.6. The number of aryl methyl sites for hydroxylation is 1. The summed E-state index contributed by atoms with van der Waals surface area (Å²) in [6.45, 7) is 2.08. The molecule has 0 unspecified atom stereocenters. The van der Waals surface area contributed by atoms with Crippen LogP contribution < -0.4 is 5.56 Å². The third-order valence-electron chi connectivity index (χ3n) is 8.66. The Morgan fingerprint density at radius 1 is 1.14 bits per heavy atom. The third kappa shape index (κ3) is 5.72. The summed E-state index contributed by atoms with van der Waals surface area (Å²) in [5.74, 6) is 0.302. The van der Waals surface area contributed by atoms with Crippen molar-refractivity contribution in [1.29, 1.82) is 5.26 Å². The fourth-order valence-corrected chi connectivity index (χ4v) is 6.32. The lowest BCUT2D eigenvalue weighted by atomic mass is 9.79. The average molecular weight is 568 g/mol. The van der Waals surface area contributed by atoms with Gasteiger partial charge in [-0.15, -0.1) is 0 Å². The Labute approximate surface area is 245 Å². The predicted molar refractivity (Wildman–Crippen MR) is 159 cm³/mol. The summed E-state index contributed by atoms with van der Waals surface area (Å²) < 4.78 is 14.4. The number of aromatic nitrogens is 4. The molecule has 218 valence electrons. The molecule has 4 aromatic rings. The van der Waals surface area contributed by atoms with Gasteiger partial charge in [-0.2, -0.15) is 15.3 Å². The van der Waals surface area contributed by atoms with Crippen molar-refractivity contribution in [2.24, 2.45) is 0 Å². The van der Waals surface area contributed by atoms with Crippen molar-refractivity contribution >= 4 is 11.7 Å². The maximum Gasteiger partial charge on any atom is 0.305 e. The summed E-state index contributed by atoms with van der Waals surface area (Å²) in [6, 6.07) is 18.0. The van der Waals surface area contributed by atoms with Gasteiger partial charge in [0.25, 0.3) is 5.56 Å². The quantitative estimate of drug-likeness (QED) is 0.235. The molecule has 1 aliphatic carbocycles. The summed E-state index contributed by atoms with van der Waals surface area (Å²) in [6.07, 6.45) is 7.18. The highest BCUT2D eigenvalue weighted by atomic mass is 16.5. The van der Waals surface area contributed by atoms with Crippen LogP contribution in [0.3, 0.4) is 0 Å². The van der Waals surface area contributed by atoms with Crippen molar-refractivity contribution in [3.8, 4) is 17.2 Å². The summed E-state index contributed by atoms with van der Waals surface area (Å²) in [5.41, 5.74) is 4.39. The van der Waals surface area contributed by atoms with Crippen LogP contribution >= 0.6 is 0 Å². The van der Waals surface area contributed by atoms with E-state index in [0.717, 1.165) is 41.6 Å². The zero-order valence-electron chi connectivity index (χ0n) is 24.5. The summed E-state index contributed by atoms with van der Waals surface area (Å²) in [7, 11) is 3.09. The number of nitriles is 1. The molecule has 2 aromatic heterocycles. The van der Waals surface area contributed by atoms with Gasteiger partial charge in [0, 0.05) is 31.6 Å². The van der Waals surface area contributed by atoms with Gasteiger partial charge in [0.2, 0.25) is 5.78 Å². The molecular formula is C33H37N5O4. The molecule has 0 aliphatic heterocycles. The average Bonchev–Trinajstić information content (AvgIpc) is 3.52. The SMILES string of the molecule is CCCc1c(Cc2ccc(-c3ccccc3)c(C#N)c2)c(=O)n(C2CCC(CCC(=O)OC)(OC)CC2)c2ncnn12. The largest absolute Gasteiger partial charge is 0.469 e. The molecular weight excluding hydrogens is 530 g/mol. The smallest absolute Gasteiger partial charge is 0.305 e. The fourth-order valence-electron chi connectivity index (χ4n) is 6.32. The second kappa shape index (κ2) is 12.7. The van der Waals surface area contributed by atoms with Gasteiger partial charge in [0.15, 0.2) is 0 Å². The number of benzene rings is 2. The molecule has 42 heavy (non-hydrogen) atoms. The van der Waals surface area contributed by atoms with Gasteiger partial charge in [-0.05, 0) is 61.3 Å². The molecule has 1 saturated carbocycles. The van der Waals surface area contributed by atoms with Crippen LogP contribution in [-0.2, 0) is 27.1 Å². The Hall–Kier alpha value is -4.29. The normalized spacial score (nSPS) is 18.6. The number of nitrogens with zero attached hydrogens (tertiary/aromatic N) is 5. The highest BCUT2D eigenvalue weighted by Crippen LogP contribution is 2.40. The number of carbonyl (C=O) groups is 1. The molecule has 0 atom stereocenters. The van der Waals surface area contributed by atoms with Crippen molar-refractivity contribution in [2.45, 2.75) is 76.4 Å². The molecule has 9 nitrogen and oxygen atoms in total. The van der Waals surface area contributed by atoms with Gasteiger partial charge in [-0.1, -0.05) is 55.8 Å². The van der Waals surface area contributed by atoms with Crippen molar-refractivity contribution < 1.29 is 14.3 Å². The molecule has 2 heterocycles. The summed E-state index contributed by atoms with van der Waals surface area (Å²) >= 11 is 0. The number of methoxy groups -OCH3 is 2. The Kier molecular flexibility index (Phi) is 8.83. The van der Waals surface area contributed by atoms with Gasteiger partial charge in [0.1, 0.15) is 6.33 Å². The van der Waals surface area contributed by atoms with E-state index in [0.29, 0.717) is 55.4 Å². The highest BCUT2D eigenvalue weighted by molar-refractivity contribution is 5.71. The van der Waals surface area contributed by atoms with Crippen LogP contribution in [0, 0.1) is 11.3 Å². The Morgan fingerprint density at radius 3 is 2.57 bits per heavy atom. The topological polar surface area (TPSA) is 112 Å². The first-order chi connectivity index (χ1) is 20.4. The number of esters is 1.